The standard InChI is InChI=1S/C16H19N3O3S/c1-23(21,22)19-12-6-4-5-11(9-12)10-15-13-7-2-3-8-14(13)16(20)18-17-15/h4-6,9,19H,2-3,7-8,10H2,1H3,(H,18,20). The molecule has 1 aromatic carbocycles. The summed E-state index contributed by atoms with van der Waals surface area (Å²) in [6.07, 6.45) is 5.48. The Hall–Kier alpha value is -2.15. The van der Waals surface area contributed by atoms with Crippen molar-refractivity contribution in [3.05, 3.63) is 57.0 Å². The van der Waals surface area contributed by atoms with E-state index in [0.717, 1.165) is 54.3 Å². The summed E-state index contributed by atoms with van der Waals surface area (Å²) in [6.45, 7) is 0. The second-order valence-corrected chi connectivity index (χ2v) is 7.66. The van der Waals surface area contributed by atoms with E-state index >= 15 is 0 Å². The molecule has 0 aliphatic heterocycles. The third kappa shape index (κ3) is 3.79. The fourth-order valence-corrected chi connectivity index (χ4v) is 3.58. The molecule has 2 aromatic rings. The number of aromatic amines is 1. The van der Waals surface area contributed by atoms with Crippen molar-refractivity contribution in [1.29, 1.82) is 0 Å². The lowest BCUT2D eigenvalue weighted by Crippen LogP contribution is -2.23. The average Bonchev–Trinajstić information content (AvgIpc) is 2.49. The molecule has 0 bridgehead atoms. The smallest absolute Gasteiger partial charge is 0.267 e. The topological polar surface area (TPSA) is 91.9 Å². The predicted octanol–water partition coefficient (Wildman–Crippen LogP) is 1.61. The molecular weight excluding hydrogens is 314 g/mol. The zero-order chi connectivity index (χ0) is 16.4. The number of nitrogens with zero attached hydrogens (tertiary/aromatic N) is 1. The third-order valence-corrected chi connectivity index (χ3v) is 4.59. The highest BCUT2D eigenvalue weighted by Gasteiger charge is 2.18. The van der Waals surface area contributed by atoms with Gasteiger partial charge in [0, 0.05) is 17.7 Å². The number of nitrogens with one attached hydrogen (secondary N) is 2. The predicted molar refractivity (Wildman–Crippen MR) is 89.2 cm³/mol. The van der Waals surface area contributed by atoms with Crippen LogP contribution in [0.5, 0.6) is 0 Å². The highest BCUT2D eigenvalue weighted by atomic mass is 32.2. The Morgan fingerprint density at radius 2 is 1.96 bits per heavy atom. The Bertz CT molecular complexity index is 888. The highest BCUT2D eigenvalue weighted by Crippen LogP contribution is 2.23. The molecule has 0 radical (unpaired) electrons. The molecule has 6 nitrogen and oxygen atoms in total. The fourth-order valence-electron chi connectivity index (χ4n) is 3.03. The number of fused-ring (bicyclic) bond motifs is 1. The third-order valence-electron chi connectivity index (χ3n) is 3.98. The van der Waals surface area contributed by atoms with Gasteiger partial charge in [-0.25, -0.2) is 13.5 Å². The van der Waals surface area contributed by atoms with Crippen molar-refractivity contribution in [1.82, 2.24) is 10.2 Å². The first kappa shape index (κ1) is 15.7. The zero-order valence-electron chi connectivity index (χ0n) is 12.9. The number of sulfonamides is 1. The Kier molecular flexibility index (Phi) is 4.21. The van der Waals surface area contributed by atoms with Crippen molar-refractivity contribution < 1.29 is 8.42 Å². The van der Waals surface area contributed by atoms with Gasteiger partial charge in [0.05, 0.1) is 11.9 Å². The molecular formula is C16H19N3O3S. The minimum Gasteiger partial charge on any atom is -0.284 e. The van der Waals surface area contributed by atoms with E-state index in [-0.39, 0.29) is 5.56 Å². The Balaban J connectivity index is 1.91. The van der Waals surface area contributed by atoms with Crippen LogP contribution in [0.4, 0.5) is 5.69 Å². The van der Waals surface area contributed by atoms with Gasteiger partial charge in [0.2, 0.25) is 10.0 Å². The molecule has 1 aliphatic rings. The first-order chi connectivity index (χ1) is 10.9. The Morgan fingerprint density at radius 3 is 2.70 bits per heavy atom. The number of hydrogen-bond donors (Lipinski definition) is 2. The quantitative estimate of drug-likeness (QED) is 0.889. The second kappa shape index (κ2) is 6.16. The van der Waals surface area contributed by atoms with Crippen molar-refractivity contribution in [3.63, 3.8) is 0 Å². The lowest BCUT2D eigenvalue weighted by Gasteiger charge is -2.17. The van der Waals surface area contributed by atoms with E-state index in [2.05, 4.69) is 14.9 Å². The number of aromatic nitrogens is 2. The number of rotatable bonds is 4. The van der Waals surface area contributed by atoms with Crippen molar-refractivity contribution in [2.75, 3.05) is 11.0 Å². The van der Waals surface area contributed by atoms with Gasteiger partial charge >= 0.3 is 0 Å². The van der Waals surface area contributed by atoms with Gasteiger partial charge in [-0.3, -0.25) is 9.52 Å². The number of H-pyrrole nitrogens is 1. The Labute approximate surface area is 135 Å². The summed E-state index contributed by atoms with van der Waals surface area (Å²) in [7, 11) is -3.30. The van der Waals surface area contributed by atoms with E-state index < -0.39 is 10.0 Å². The summed E-state index contributed by atoms with van der Waals surface area (Å²) in [5.41, 5.74) is 4.18. The van der Waals surface area contributed by atoms with Crippen LogP contribution < -0.4 is 10.3 Å². The summed E-state index contributed by atoms with van der Waals surface area (Å²) in [4.78, 5) is 11.9. The van der Waals surface area contributed by atoms with E-state index in [1.54, 1.807) is 18.2 Å². The minimum absolute atomic E-state index is 0.0871. The molecule has 1 heterocycles. The molecule has 122 valence electrons. The van der Waals surface area contributed by atoms with Gasteiger partial charge in [0.25, 0.3) is 5.56 Å². The van der Waals surface area contributed by atoms with E-state index in [4.69, 9.17) is 0 Å². The van der Waals surface area contributed by atoms with E-state index in [9.17, 15) is 13.2 Å². The molecule has 7 heteroatoms. The summed E-state index contributed by atoms with van der Waals surface area (Å²) in [6, 6.07) is 7.24. The first-order valence-electron chi connectivity index (χ1n) is 7.58. The van der Waals surface area contributed by atoms with Gasteiger partial charge in [0.1, 0.15) is 0 Å². The van der Waals surface area contributed by atoms with Crippen LogP contribution in [0.25, 0.3) is 0 Å². The summed E-state index contributed by atoms with van der Waals surface area (Å²) < 4.78 is 25.1. The van der Waals surface area contributed by atoms with Crippen LogP contribution in [0.2, 0.25) is 0 Å². The second-order valence-electron chi connectivity index (χ2n) is 5.92. The van der Waals surface area contributed by atoms with Gasteiger partial charge in [-0.05, 0) is 48.9 Å². The number of benzene rings is 1. The highest BCUT2D eigenvalue weighted by molar-refractivity contribution is 7.92. The molecule has 0 saturated carbocycles. The molecule has 2 N–H and O–H groups in total. The van der Waals surface area contributed by atoms with Gasteiger partial charge in [-0.1, -0.05) is 12.1 Å². The maximum Gasteiger partial charge on any atom is 0.267 e. The molecule has 0 saturated heterocycles. The summed E-state index contributed by atoms with van der Waals surface area (Å²) in [5, 5.41) is 6.80. The molecule has 0 atom stereocenters. The maximum atomic E-state index is 11.9. The van der Waals surface area contributed by atoms with Crippen LogP contribution in [-0.4, -0.2) is 24.9 Å². The van der Waals surface area contributed by atoms with Crippen LogP contribution in [-0.2, 0) is 29.3 Å². The van der Waals surface area contributed by atoms with Gasteiger partial charge < -0.3 is 0 Å². The van der Waals surface area contributed by atoms with E-state index in [0.29, 0.717) is 12.1 Å². The first-order valence-corrected chi connectivity index (χ1v) is 9.47. The maximum absolute atomic E-state index is 11.9. The molecule has 1 aromatic heterocycles. The molecule has 1 aliphatic carbocycles. The fraction of sp³-hybridized carbons (Fsp3) is 0.375. The van der Waals surface area contributed by atoms with Crippen molar-refractivity contribution >= 4 is 15.7 Å². The van der Waals surface area contributed by atoms with E-state index in [1.807, 2.05) is 6.07 Å². The largest absolute Gasteiger partial charge is 0.284 e. The van der Waals surface area contributed by atoms with Gasteiger partial charge in [0.15, 0.2) is 0 Å². The zero-order valence-corrected chi connectivity index (χ0v) is 13.7. The van der Waals surface area contributed by atoms with Crippen LogP contribution in [0.15, 0.2) is 29.1 Å². The van der Waals surface area contributed by atoms with Crippen LogP contribution in [0.3, 0.4) is 0 Å². The summed E-state index contributed by atoms with van der Waals surface area (Å²) >= 11 is 0. The SMILES string of the molecule is CS(=O)(=O)Nc1cccc(Cc2n[nH]c(=O)c3c2CCCC3)c1. The average molecular weight is 333 g/mol. The monoisotopic (exact) mass is 333 g/mol. The van der Waals surface area contributed by atoms with Crippen LogP contribution >= 0.6 is 0 Å². The lowest BCUT2D eigenvalue weighted by molar-refractivity contribution is 0.607. The molecule has 23 heavy (non-hydrogen) atoms. The van der Waals surface area contributed by atoms with Gasteiger partial charge in [-0.2, -0.15) is 5.10 Å². The van der Waals surface area contributed by atoms with Crippen molar-refractivity contribution in [2.45, 2.75) is 32.1 Å². The van der Waals surface area contributed by atoms with Gasteiger partial charge in [-0.15, -0.1) is 0 Å². The molecule has 3 rings (SSSR count). The normalized spacial score (nSPS) is 14.3. The molecule has 0 fully saturated rings. The summed E-state index contributed by atoms with van der Waals surface area (Å²) in [5.74, 6) is 0. The Morgan fingerprint density at radius 1 is 1.22 bits per heavy atom. The minimum atomic E-state index is -3.30. The van der Waals surface area contributed by atoms with Crippen LogP contribution in [0, 0.1) is 0 Å². The van der Waals surface area contributed by atoms with E-state index in [1.165, 1.54) is 0 Å². The molecule has 0 unspecified atom stereocenters. The number of hydrogen-bond acceptors (Lipinski definition) is 4. The lowest BCUT2D eigenvalue weighted by atomic mass is 9.90. The van der Waals surface area contributed by atoms with Crippen LogP contribution in [0.1, 0.15) is 35.2 Å². The van der Waals surface area contributed by atoms with Crippen molar-refractivity contribution in [2.24, 2.45) is 0 Å². The van der Waals surface area contributed by atoms with Crippen molar-refractivity contribution in [3.8, 4) is 0 Å². The number of anilines is 1. The molecule has 0 amide bonds. The molecule has 0 spiro atoms.